The summed E-state index contributed by atoms with van der Waals surface area (Å²) in [5.41, 5.74) is 1.88. The van der Waals surface area contributed by atoms with Gasteiger partial charge in [0.25, 0.3) is 0 Å². The summed E-state index contributed by atoms with van der Waals surface area (Å²) in [5.74, 6) is 2.39. The summed E-state index contributed by atoms with van der Waals surface area (Å²) in [4.78, 5) is 0. The standard InChI is InChI=1S/C15H24O/c1-10(2)12-6-7-14(4)15(16-14)8-5-11(3)13(15)9-12/h11-13H,1,5-9H2,2-4H3/t11-,12-,13-,14-,15-/m0/s1. The average molecular weight is 220 g/mol. The number of rotatable bonds is 1. The van der Waals surface area contributed by atoms with Crippen LogP contribution in [0.15, 0.2) is 12.2 Å². The van der Waals surface area contributed by atoms with Gasteiger partial charge in [-0.15, -0.1) is 0 Å². The Bertz CT molecular complexity index is 330. The van der Waals surface area contributed by atoms with Gasteiger partial charge in [-0.1, -0.05) is 19.1 Å². The first kappa shape index (κ1) is 10.8. The van der Waals surface area contributed by atoms with Gasteiger partial charge in [-0.3, -0.25) is 0 Å². The molecule has 3 aliphatic rings. The minimum atomic E-state index is 0.215. The maximum Gasteiger partial charge on any atom is 0.101 e. The molecule has 2 aliphatic carbocycles. The summed E-state index contributed by atoms with van der Waals surface area (Å²) in [5, 5.41) is 0. The van der Waals surface area contributed by atoms with E-state index in [4.69, 9.17) is 4.74 Å². The quantitative estimate of drug-likeness (QED) is 0.482. The highest BCUT2D eigenvalue weighted by molar-refractivity contribution is 5.22. The van der Waals surface area contributed by atoms with Crippen LogP contribution in [-0.4, -0.2) is 11.2 Å². The van der Waals surface area contributed by atoms with Crippen LogP contribution in [0, 0.1) is 17.8 Å². The molecule has 2 saturated carbocycles. The van der Waals surface area contributed by atoms with Gasteiger partial charge in [0, 0.05) is 0 Å². The molecule has 0 radical (unpaired) electrons. The van der Waals surface area contributed by atoms with E-state index >= 15 is 0 Å². The van der Waals surface area contributed by atoms with E-state index < -0.39 is 0 Å². The lowest BCUT2D eigenvalue weighted by atomic mass is 9.79. The first-order chi connectivity index (χ1) is 7.48. The molecule has 1 spiro atoms. The topological polar surface area (TPSA) is 12.5 Å². The van der Waals surface area contributed by atoms with Crippen molar-refractivity contribution in [3.8, 4) is 0 Å². The molecule has 1 heteroatoms. The van der Waals surface area contributed by atoms with Crippen LogP contribution >= 0.6 is 0 Å². The van der Waals surface area contributed by atoms with Crippen molar-refractivity contribution >= 4 is 0 Å². The van der Waals surface area contributed by atoms with Crippen LogP contribution in [0.4, 0.5) is 0 Å². The fourth-order valence-electron chi connectivity index (χ4n) is 4.45. The van der Waals surface area contributed by atoms with Gasteiger partial charge >= 0.3 is 0 Å². The molecular formula is C15H24O. The number of epoxide rings is 1. The zero-order valence-electron chi connectivity index (χ0n) is 10.9. The molecule has 0 aromatic rings. The molecule has 1 saturated heterocycles. The Morgan fingerprint density at radius 2 is 2.06 bits per heavy atom. The van der Waals surface area contributed by atoms with Crippen molar-refractivity contribution in [3.63, 3.8) is 0 Å². The summed E-state index contributed by atoms with van der Waals surface area (Å²) in [6.07, 6.45) is 6.53. The predicted molar refractivity (Wildman–Crippen MR) is 66.3 cm³/mol. The van der Waals surface area contributed by atoms with E-state index in [0.29, 0.717) is 0 Å². The van der Waals surface area contributed by atoms with Crippen LogP contribution in [0.2, 0.25) is 0 Å². The molecule has 5 atom stereocenters. The number of allylic oxidation sites excluding steroid dienone is 1. The van der Waals surface area contributed by atoms with Gasteiger partial charge in [-0.2, -0.15) is 0 Å². The highest BCUT2D eigenvalue weighted by Gasteiger charge is 2.73. The Morgan fingerprint density at radius 1 is 1.31 bits per heavy atom. The zero-order valence-corrected chi connectivity index (χ0v) is 10.9. The smallest absolute Gasteiger partial charge is 0.101 e. The van der Waals surface area contributed by atoms with Gasteiger partial charge in [0.05, 0.1) is 5.60 Å². The third-order valence-electron chi connectivity index (χ3n) is 5.72. The van der Waals surface area contributed by atoms with E-state index in [0.717, 1.165) is 17.8 Å². The molecule has 1 nitrogen and oxygen atoms in total. The van der Waals surface area contributed by atoms with E-state index in [1.807, 2.05) is 0 Å². The van der Waals surface area contributed by atoms with Crippen LogP contribution < -0.4 is 0 Å². The van der Waals surface area contributed by atoms with E-state index in [2.05, 4.69) is 27.4 Å². The maximum atomic E-state index is 6.23. The van der Waals surface area contributed by atoms with Crippen LogP contribution in [0.1, 0.15) is 52.9 Å². The molecule has 0 unspecified atom stereocenters. The van der Waals surface area contributed by atoms with Gasteiger partial charge < -0.3 is 4.74 Å². The van der Waals surface area contributed by atoms with E-state index in [-0.39, 0.29) is 11.2 Å². The van der Waals surface area contributed by atoms with Crippen LogP contribution in [-0.2, 0) is 4.74 Å². The monoisotopic (exact) mass is 220 g/mol. The molecule has 90 valence electrons. The summed E-state index contributed by atoms with van der Waals surface area (Å²) < 4.78 is 6.23. The van der Waals surface area contributed by atoms with Crippen molar-refractivity contribution in [2.45, 2.75) is 64.1 Å². The molecular weight excluding hydrogens is 196 g/mol. The second kappa shape index (κ2) is 3.13. The maximum absolute atomic E-state index is 6.23. The number of ether oxygens (including phenoxy) is 1. The molecule has 0 bridgehead atoms. The second-order valence-electron chi connectivity index (χ2n) is 6.66. The molecule has 3 fully saturated rings. The van der Waals surface area contributed by atoms with Crippen molar-refractivity contribution in [3.05, 3.63) is 12.2 Å². The van der Waals surface area contributed by atoms with Crippen LogP contribution in [0.3, 0.4) is 0 Å². The first-order valence-electron chi connectivity index (χ1n) is 6.84. The first-order valence-corrected chi connectivity index (χ1v) is 6.84. The molecule has 3 rings (SSSR count). The van der Waals surface area contributed by atoms with Crippen molar-refractivity contribution in [2.75, 3.05) is 0 Å². The molecule has 1 aliphatic heterocycles. The third kappa shape index (κ3) is 1.21. The van der Waals surface area contributed by atoms with Gasteiger partial charge in [0.15, 0.2) is 0 Å². The summed E-state index contributed by atoms with van der Waals surface area (Å²) in [6.45, 7) is 11.1. The lowest BCUT2D eigenvalue weighted by Crippen LogP contribution is -2.28. The normalized spacial score (nSPS) is 55.1. The fraction of sp³-hybridized carbons (Fsp3) is 0.867. The van der Waals surface area contributed by atoms with Gasteiger partial charge in [-0.25, -0.2) is 0 Å². The van der Waals surface area contributed by atoms with E-state index in [1.165, 1.54) is 37.7 Å². The average Bonchev–Trinajstić information content (AvgIpc) is 2.71. The van der Waals surface area contributed by atoms with Crippen LogP contribution in [0.5, 0.6) is 0 Å². The Kier molecular flexibility index (Phi) is 2.12. The lowest BCUT2D eigenvalue weighted by Gasteiger charge is -2.24. The van der Waals surface area contributed by atoms with Crippen molar-refractivity contribution in [1.29, 1.82) is 0 Å². The summed E-state index contributed by atoms with van der Waals surface area (Å²) in [7, 11) is 0. The Balaban J connectivity index is 1.89. The van der Waals surface area contributed by atoms with Crippen molar-refractivity contribution in [1.82, 2.24) is 0 Å². The Labute approximate surface area is 99.3 Å². The molecule has 0 amide bonds. The van der Waals surface area contributed by atoms with Gasteiger partial charge in [-0.05, 0) is 63.7 Å². The molecule has 0 aromatic heterocycles. The molecule has 1 heterocycles. The number of hydrogen-bond donors (Lipinski definition) is 0. The number of hydrogen-bond acceptors (Lipinski definition) is 1. The van der Waals surface area contributed by atoms with Crippen molar-refractivity contribution < 1.29 is 4.74 Å². The third-order valence-corrected chi connectivity index (χ3v) is 5.72. The Hall–Kier alpha value is -0.300. The zero-order chi connectivity index (χ0) is 11.6. The summed E-state index contributed by atoms with van der Waals surface area (Å²) in [6, 6.07) is 0. The van der Waals surface area contributed by atoms with Gasteiger partial charge in [0.2, 0.25) is 0 Å². The van der Waals surface area contributed by atoms with E-state index in [9.17, 15) is 0 Å². The second-order valence-corrected chi connectivity index (χ2v) is 6.66. The SMILES string of the molecule is C=C(C)[C@H]1CC[C@]2(C)O[C@]23CC[C@H](C)[C@@H]3C1. The van der Waals surface area contributed by atoms with Crippen LogP contribution in [0.25, 0.3) is 0 Å². The van der Waals surface area contributed by atoms with Crippen molar-refractivity contribution in [2.24, 2.45) is 17.8 Å². The fourth-order valence-corrected chi connectivity index (χ4v) is 4.45. The van der Waals surface area contributed by atoms with Gasteiger partial charge in [0.1, 0.15) is 5.60 Å². The Morgan fingerprint density at radius 3 is 2.75 bits per heavy atom. The van der Waals surface area contributed by atoms with E-state index in [1.54, 1.807) is 0 Å². The minimum Gasteiger partial charge on any atom is -0.363 e. The summed E-state index contributed by atoms with van der Waals surface area (Å²) >= 11 is 0. The molecule has 0 aromatic carbocycles. The minimum absolute atomic E-state index is 0.215. The largest absolute Gasteiger partial charge is 0.363 e. The molecule has 16 heavy (non-hydrogen) atoms. The lowest BCUT2D eigenvalue weighted by molar-refractivity contribution is 0.178. The highest BCUT2D eigenvalue weighted by Crippen LogP contribution is 2.67. The predicted octanol–water partition coefficient (Wildman–Crippen LogP) is 3.94. The highest BCUT2D eigenvalue weighted by atomic mass is 16.6. The molecule has 0 N–H and O–H groups in total.